The minimum atomic E-state index is 0.103. The number of likely N-dealkylation sites (tertiary alicyclic amines) is 1. The zero-order valence-corrected chi connectivity index (χ0v) is 14.4. The summed E-state index contributed by atoms with van der Waals surface area (Å²) < 4.78 is 5.52. The molecule has 4 heteroatoms. The first-order valence-corrected chi connectivity index (χ1v) is 8.18. The van der Waals surface area contributed by atoms with Gasteiger partial charge < -0.3 is 9.84 Å². The predicted molar refractivity (Wildman–Crippen MR) is 85.9 cm³/mol. The first-order chi connectivity index (χ1) is 9.74. The molecule has 1 aliphatic rings. The third kappa shape index (κ3) is 4.82. The van der Waals surface area contributed by atoms with E-state index in [0.29, 0.717) is 6.04 Å². The lowest BCUT2D eigenvalue weighted by Crippen LogP contribution is -2.45. The molecule has 1 aromatic rings. The number of hydrogen-bond acceptors (Lipinski definition) is 4. The summed E-state index contributed by atoms with van der Waals surface area (Å²) >= 11 is 0. The van der Waals surface area contributed by atoms with Gasteiger partial charge in [0.15, 0.2) is 5.76 Å². The van der Waals surface area contributed by atoms with Crippen molar-refractivity contribution in [3.8, 4) is 0 Å². The summed E-state index contributed by atoms with van der Waals surface area (Å²) in [6, 6.07) is 2.71. The summed E-state index contributed by atoms with van der Waals surface area (Å²) in [6.07, 6.45) is 1.33. The van der Waals surface area contributed by atoms with E-state index in [0.717, 1.165) is 42.9 Å². The molecule has 0 amide bonds. The van der Waals surface area contributed by atoms with Gasteiger partial charge in [-0.15, -0.1) is 0 Å². The fourth-order valence-corrected chi connectivity index (χ4v) is 3.11. The Morgan fingerprint density at radius 3 is 2.71 bits per heavy atom. The van der Waals surface area contributed by atoms with E-state index in [9.17, 15) is 0 Å². The zero-order chi connectivity index (χ0) is 15.6. The summed E-state index contributed by atoms with van der Waals surface area (Å²) in [5, 5.41) is 7.63. The van der Waals surface area contributed by atoms with Gasteiger partial charge in [-0.25, -0.2) is 0 Å². The molecule has 3 unspecified atom stereocenters. The molecule has 1 aliphatic heterocycles. The van der Waals surface area contributed by atoms with Gasteiger partial charge in [0, 0.05) is 30.7 Å². The second kappa shape index (κ2) is 6.49. The molecule has 2 heterocycles. The second-order valence-corrected chi connectivity index (χ2v) is 7.88. The Balaban J connectivity index is 1.92. The molecule has 0 bridgehead atoms. The molecule has 1 saturated heterocycles. The van der Waals surface area contributed by atoms with Crippen LogP contribution in [0.1, 0.15) is 59.4 Å². The van der Waals surface area contributed by atoms with Crippen LogP contribution in [0.15, 0.2) is 10.6 Å². The quantitative estimate of drug-likeness (QED) is 0.923. The van der Waals surface area contributed by atoms with E-state index < -0.39 is 0 Å². The van der Waals surface area contributed by atoms with Gasteiger partial charge in [0.1, 0.15) is 0 Å². The predicted octanol–water partition coefficient (Wildman–Crippen LogP) is 3.43. The fourth-order valence-electron chi connectivity index (χ4n) is 3.11. The lowest BCUT2D eigenvalue weighted by molar-refractivity contribution is 0.0649. The number of nitrogens with one attached hydrogen (secondary N) is 1. The van der Waals surface area contributed by atoms with E-state index in [1.165, 1.54) is 6.42 Å². The number of rotatable bonds is 4. The van der Waals surface area contributed by atoms with Crippen LogP contribution in [-0.4, -0.2) is 28.2 Å². The van der Waals surface area contributed by atoms with E-state index in [1.54, 1.807) is 0 Å². The standard InChI is InChI=1S/C17H31N3O/c1-12-7-13(2)14(3)20(10-12)11-16-8-15(19-21-16)9-18-17(4,5)6/h8,12-14,18H,7,9-11H2,1-6H3. The van der Waals surface area contributed by atoms with Crippen LogP contribution in [0.3, 0.4) is 0 Å². The Morgan fingerprint density at radius 1 is 1.33 bits per heavy atom. The Kier molecular flexibility index (Phi) is 5.10. The maximum atomic E-state index is 5.52. The van der Waals surface area contributed by atoms with Crippen LogP contribution in [0.4, 0.5) is 0 Å². The van der Waals surface area contributed by atoms with Crippen molar-refractivity contribution < 1.29 is 4.52 Å². The molecule has 21 heavy (non-hydrogen) atoms. The van der Waals surface area contributed by atoms with Crippen molar-refractivity contribution in [2.75, 3.05) is 6.54 Å². The van der Waals surface area contributed by atoms with E-state index in [-0.39, 0.29) is 5.54 Å². The third-order valence-electron chi connectivity index (χ3n) is 4.49. The summed E-state index contributed by atoms with van der Waals surface area (Å²) in [6.45, 7) is 16.3. The molecule has 0 aliphatic carbocycles. The molecule has 120 valence electrons. The van der Waals surface area contributed by atoms with Gasteiger partial charge in [-0.1, -0.05) is 19.0 Å². The highest BCUT2D eigenvalue weighted by molar-refractivity contribution is 5.06. The third-order valence-corrected chi connectivity index (χ3v) is 4.49. The van der Waals surface area contributed by atoms with Gasteiger partial charge >= 0.3 is 0 Å². The van der Waals surface area contributed by atoms with Crippen molar-refractivity contribution in [3.63, 3.8) is 0 Å². The van der Waals surface area contributed by atoms with Gasteiger partial charge in [-0.2, -0.15) is 0 Å². The topological polar surface area (TPSA) is 41.3 Å². The normalized spacial score (nSPS) is 28.0. The van der Waals surface area contributed by atoms with Crippen LogP contribution in [-0.2, 0) is 13.1 Å². The number of piperidine rings is 1. The molecule has 0 spiro atoms. The molecular weight excluding hydrogens is 262 g/mol. The Morgan fingerprint density at radius 2 is 2.05 bits per heavy atom. The summed E-state index contributed by atoms with van der Waals surface area (Å²) in [5.74, 6) is 2.49. The second-order valence-electron chi connectivity index (χ2n) is 7.88. The van der Waals surface area contributed by atoms with Crippen molar-refractivity contribution in [1.29, 1.82) is 0 Å². The SMILES string of the molecule is CC1CC(C)C(C)N(Cc2cc(CNC(C)(C)C)no2)C1. The average Bonchev–Trinajstić information content (AvgIpc) is 2.80. The highest BCUT2D eigenvalue weighted by Crippen LogP contribution is 2.28. The summed E-state index contributed by atoms with van der Waals surface area (Å²) in [5.41, 5.74) is 1.09. The number of aromatic nitrogens is 1. The Bertz CT molecular complexity index is 449. The number of hydrogen-bond donors (Lipinski definition) is 1. The number of nitrogens with zero attached hydrogens (tertiary/aromatic N) is 2. The Hall–Kier alpha value is -0.870. The fraction of sp³-hybridized carbons (Fsp3) is 0.824. The average molecular weight is 293 g/mol. The summed E-state index contributed by atoms with van der Waals surface area (Å²) in [4.78, 5) is 2.53. The van der Waals surface area contributed by atoms with Crippen molar-refractivity contribution in [2.24, 2.45) is 11.8 Å². The molecule has 1 fully saturated rings. The van der Waals surface area contributed by atoms with Crippen LogP contribution in [0.25, 0.3) is 0 Å². The molecular formula is C17H31N3O. The molecule has 1 N–H and O–H groups in total. The molecule has 2 rings (SSSR count). The van der Waals surface area contributed by atoms with Crippen LogP contribution in [0, 0.1) is 11.8 Å². The molecule has 1 aromatic heterocycles. The van der Waals surface area contributed by atoms with E-state index in [1.807, 2.05) is 0 Å². The van der Waals surface area contributed by atoms with Crippen molar-refractivity contribution in [3.05, 3.63) is 17.5 Å². The first kappa shape index (κ1) is 16.5. The van der Waals surface area contributed by atoms with Crippen molar-refractivity contribution >= 4 is 0 Å². The van der Waals surface area contributed by atoms with Gasteiger partial charge in [0.2, 0.25) is 0 Å². The van der Waals surface area contributed by atoms with E-state index in [2.05, 4.69) is 63.0 Å². The lowest BCUT2D eigenvalue weighted by Gasteiger charge is -2.40. The van der Waals surface area contributed by atoms with Gasteiger partial charge in [-0.3, -0.25) is 4.90 Å². The first-order valence-electron chi connectivity index (χ1n) is 8.18. The van der Waals surface area contributed by atoms with Crippen molar-refractivity contribution in [2.45, 2.75) is 72.6 Å². The molecule has 0 saturated carbocycles. The highest BCUT2D eigenvalue weighted by Gasteiger charge is 2.29. The molecule has 3 atom stereocenters. The zero-order valence-electron chi connectivity index (χ0n) is 14.4. The highest BCUT2D eigenvalue weighted by atomic mass is 16.5. The molecule has 0 aromatic carbocycles. The van der Waals surface area contributed by atoms with Crippen LogP contribution in [0.5, 0.6) is 0 Å². The molecule has 4 nitrogen and oxygen atoms in total. The Labute approximate surface area is 129 Å². The van der Waals surface area contributed by atoms with Crippen LogP contribution < -0.4 is 5.32 Å². The maximum Gasteiger partial charge on any atom is 0.151 e. The monoisotopic (exact) mass is 293 g/mol. The summed E-state index contributed by atoms with van der Waals surface area (Å²) in [7, 11) is 0. The minimum absolute atomic E-state index is 0.103. The lowest BCUT2D eigenvalue weighted by atomic mass is 9.86. The van der Waals surface area contributed by atoms with Gasteiger partial charge in [0.25, 0.3) is 0 Å². The maximum absolute atomic E-state index is 5.52. The van der Waals surface area contributed by atoms with Gasteiger partial charge in [-0.05, 0) is 46.0 Å². The smallest absolute Gasteiger partial charge is 0.151 e. The van der Waals surface area contributed by atoms with Crippen molar-refractivity contribution in [1.82, 2.24) is 15.4 Å². The largest absolute Gasteiger partial charge is 0.360 e. The molecule has 0 radical (unpaired) electrons. The van der Waals surface area contributed by atoms with E-state index in [4.69, 9.17) is 4.52 Å². The van der Waals surface area contributed by atoms with Crippen LogP contribution in [0.2, 0.25) is 0 Å². The van der Waals surface area contributed by atoms with Crippen LogP contribution >= 0.6 is 0 Å². The minimum Gasteiger partial charge on any atom is -0.360 e. The van der Waals surface area contributed by atoms with Gasteiger partial charge in [0.05, 0.1) is 12.2 Å². The van der Waals surface area contributed by atoms with E-state index >= 15 is 0 Å².